The molecule has 0 heterocycles. The maximum absolute atomic E-state index is 5.70. The summed E-state index contributed by atoms with van der Waals surface area (Å²) in [7, 11) is 0. The monoisotopic (exact) mass is 203 g/mol. The summed E-state index contributed by atoms with van der Waals surface area (Å²) in [5.41, 5.74) is 6.90. The molecule has 1 nitrogen and oxygen atoms in total. The van der Waals surface area contributed by atoms with Crippen molar-refractivity contribution in [1.82, 2.24) is 0 Å². The Kier molecular flexibility index (Phi) is 5.38. The van der Waals surface area contributed by atoms with Gasteiger partial charge in [-0.3, -0.25) is 0 Å². The van der Waals surface area contributed by atoms with Crippen LogP contribution in [0.3, 0.4) is 0 Å². The topological polar surface area (TPSA) is 26.0 Å². The first-order chi connectivity index (χ1) is 5.24. The van der Waals surface area contributed by atoms with Crippen LogP contribution in [0.1, 0.15) is 18.5 Å². The number of halogens is 1. The number of hydrogen-bond acceptors (Lipinski definition) is 2. The summed E-state index contributed by atoms with van der Waals surface area (Å²) < 4.78 is 0. The van der Waals surface area contributed by atoms with Crippen LogP contribution in [0.2, 0.25) is 0 Å². The Morgan fingerprint density at radius 2 is 1.75 bits per heavy atom. The second kappa shape index (κ2) is 5.46. The molecule has 0 bridgehead atoms. The lowest BCUT2D eigenvalue weighted by Gasteiger charge is -2.04. The van der Waals surface area contributed by atoms with E-state index in [4.69, 9.17) is 5.73 Å². The van der Waals surface area contributed by atoms with Crippen molar-refractivity contribution in [3.8, 4) is 0 Å². The van der Waals surface area contributed by atoms with Crippen LogP contribution in [0, 0.1) is 0 Å². The van der Waals surface area contributed by atoms with Crippen LogP contribution in [0.25, 0.3) is 0 Å². The van der Waals surface area contributed by atoms with E-state index in [1.165, 1.54) is 10.5 Å². The Bertz CT molecular complexity index is 220. The van der Waals surface area contributed by atoms with Crippen molar-refractivity contribution in [3.63, 3.8) is 0 Å². The van der Waals surface area contributed by atoms with Gasteiger partial charge in [0.25, 0.3) is 0 Å². The van der Waals surface area contributed by atoms with E-state index in [1.807, 2.05) is 6.92 Å². The first-order valence-electron chi connectivity index (χ1n) is 3.63. The van der Waals surface area contributed by atoms with E-state index in [-0.39, 0.29) is 18.4 Å². The first kappa shape index (κ1) is 11.8. The molecule has 0 aliphatic carbocycles. The lowest BCUT2D eigenvalue weighted by atomic mass is 10.1. The van der Waals surface area contributed by atoms with Gasteiger partial charge in [-0.25, -0.2) is 0 Å². The molecule has 0 fully saturated rings. The highest BCUT2D eigenvalue weighted by Gasteiger charge is 1.97. The van der Waals surface area contributed by atoms with Gasteiger partial charge in [0.05, 0.1) is 0 Å². The summed E-state index contributed by atoms with van der Waals surface area (Å²) in [6.07, 6.45) is 2.07. The third-order valence-corrected chi connectivity index (χ3v) is 2.39. The lowest BCUT2D eigenvalue weighted by molar-refractivity contribution is 0.817. The van der Waals surface area contributed by atoms with E-state index in [2.05, 4.69) is 30.5 Å². The normalized spacial score (nSPS) is 11.9. The predicted octanol–water partition coefficient (Wildman–Crippen LogP) is 2.85. The molecule has 0 radical (unpaired) electrons. The first-order valence-corrected chi connectivity index (χ1v) is 4.86. The molecule has 0 saturated carbocycles. The minimum absolute atomic E-state index is 0. The van der Waals surface area contributed by atoms with E-state index in [9.17, 15) is 0 Å². The summed E-state index contributed by atoms with van der Waals surface area (Å²) >= 11 is 1.75. The molecule has 0 spiro atoms. The molecular formula is C9H14ClNS. The van der Waals surface area contributed by atoms with Crippen LogP contribution < -0.4 is 5.73 Å². The highest BCUT2D eigenvalue weighted by Crippen LogP contribution is 2.17. The standard InChI is InChI=1S/C9H13NS.ClH/c1-7(10)8-3-5-9(11-2)6-4-8;/h3-7H,10H2,1-2H3;1H/t7-;/m1./s1. The van der Waals surface area contributed by atoms with Crippen LogP contribution in [0.15, 0.2) is 29.2 Å². The van der Waals surface area contributed by atoms with Crippen molar-refractivity contribution < 1.29 is 0 Å². The fourth-order valence-electron chi connectivity index (χ4n) is 0.907. The zero-order valence-electron chi connectivity index (χ0n) is 7.28. The molecule has 0 aromatic heterocycles. The van der Waals surface area contributed by atoms with E-state index >= 15 is 0 Å². The third-order valence-electron chi connectivity index (χ3n) is 1.64. The summed E-state index contributed by atoms with van der Waals surface area (Å²) in [5, 5.41) is 0. The smallest absolute Gasteiger partial charge is 0.0266 e. The molecular weight excluding hydrogens is 190 g/mol. The third kappa shape index (κ3) is 3.05. The molecule has 0 saturated heterocycles. The van der Waals surface area contributed by atoms with Gasteiger partial charge in [0, 0.05) is 10.9 Å². The highest BCUT2D eigenvalue weighted by atomic mass is 35.5. The van der Waals surface area contributed by atoms with Gasteiger partial charge in [-0.1, -0.05) is 12.1 Å². The van der Waals surface area contributed by atoms with Crippen molar-refractivity contribution in [2.75, 3.05) is 6.26 Å². The molecule has 3 heteroatoms. The van der Waals surface area contributed by atoms with Crippen molar-refractivity contribution >= 4 is 24.2 Å². The number of nitrogens with two attached hydrogens (primary N) is 1. The van der Waals surface area contributed by atoms with Crippen molar-refractivity contribution in [1.29, 1.82) is 0 Å². The van der Waals surface area contributed by atoms with Gasteiger partial charge in [0.15, 0.2) is 0 Å². The summed E-state index contributed by atoms with van der Waals surface area (Å²) in [6.45, 7) is 1.99. The average Bonchev–Trinajstić information content (AvgIpc) is 2.05. The Hall–Kier alpha value is -0.180. The molecule has 68 valence electrons. The summed E-state index contributed by atoms with van der Waals surface area (Å²) in [5.74, 6) is 0. The maximum atomic E-state index is 5.70. The molecule has 1 rings (SSSR count). The largest absolute Gasteiger partial charge is 0.324 e. The molecule has 0 aliphatic heterocycles. The molecule has 0 unspecified atom stereocenters. The number of thioether (sulfide) groups is 1. The Labute approximate surface area is 84.1 Å². The zero-order valence-corrected chi connectivity index (χ0v) is 8.91. The van der Waals surface area contributed by atoms with Crippen molar-refractivity contribution in [3.05, 3.63) is 29.8 Å². The van der Waals surface area contributed by atoms with Gasteiger partial charge in [-0.15, -0.1) is 24.2 Å². The Morgan fingerprint density at radius 3 is 2.08 bits per heavy atom. The number of hydrogen-bond donors (Lipinski definition) is 1. The SMILES string of the molecule is CSc1ccc([C@@H](C)N)cc1.Cl. The van der Waals surface area contributed by atoms with Crippen molar-refractivity contribution in [2.24, 2.45) is 5.73 Å². The second-order valence-corrected chi connectivity index (χ2v) is 3.44. The molecule has 2 N–H and O–H groups in total. The number of rotatable bonds is 2. The molecule has 0 amide bonds. The molecule has 1 aromatic rings. The second-order valence-electron chi connectivity index (χ2n) is 2.56. The fourth-order valence-corrected chi connectivity index (χ4v) is 1.32. The molecule has 0 aliphatic rings. The fraction of sp³-hybridized carbons (Fsp3) is 0.333. The van der Waals surface area contributed by atoms with Gasteiger partial charge >= 0.3 is 0 Å². The van der Waals surface area contributed by atoms with E-state index in [0.29, 0.717) is 0 Å². The van der Waals surface area contributed by atoms with Crippen LogP contribution in [-0.2, 0) is 0 Å². The highest BCUT2D eigenvalue weighted by molar-refractivity contribution is 7.98. The lowest BCUT2D eigenvalue weighted by Crippen LogP contribution is -2.04. The minimum Gasteiger partial charge on any atom is -0.324 e. The van der Waals surface area contributed by atoms with Crippen LogP contribution in [-0.4, -0.2) is 6.26 Å². The Balaban J connectivity index is 0.00000121. The quantitative estimate of drug-likeness (QED) is 0.749. The van der Waals surface area contributed by atoms with Crippen molar-refractivity contribution in [2.45, 2.75) is 17.9 Å². The van der Waals surface area contributed by atoms with Gasteiger partial charge in [0.2, 0.25) is 0 Å². The summed E-state index contributed by atoms with van der Waals surface area (Å²) in [4.78, 5) is 1.29. The molecule has 12 heavy (non-hydrogen) atoms. The van der Waals surface area contributed by atoms with Gasteiger partial charge in [-0.05, 0) is 30.9 Å². The van der Waals surface area contributed by atoms with Crippen LogP contribution in [0.5, 0.6) is 0 Å². The number of benzene rings is 1. The van der Waals surface area contributed by atoms with Crippen LogP contribution >= 0.6 is 24.2 Å². The zero-order chi connectivity index (χ0) is 8.27. The predicted molar refractivity (Wildman–Crippen MR) is 58.1 cm³/mol. The van der Waals surface area contributed by atoms with E-state index in [1.54, 1.807) is 11.8 Å². The average molecular weight is 204 g/mol. The van der Waals surface area contributed by atoms with Gasteiger partial charge in [0.1, 0.15) is 0 Å². The summed E-state index contributed by atoms with van der Waals surface area (Å²) in [6, 6.07) is 8.51. The Morgan fingerprint density at radius 1 is 1.25 bits per heavy atom. The van der Waals surface area contributed by atoms with Crippen LogP contribution in [0.4, 0.5) is 0 Å². The molecule has 1 aromatic carbocycles. The van der Waals surface area contributed by atoms with E-state index in [0.717, 1.165) is 0 Å². The molecule has 1 atom stereocenters. The van der Waals surface area contributed by atoms with Gasteiger partial charge in [-0.2, -0.15) is 0 Å². The maximum Gasteiger partial charge on any atom is 0.0266 e. The minimum atomic E-state index is 0. The van der Waals surface area contributed by atoms with E-state index < -0.39 is 0 Å². The van der Waals surface area contributed by atoms with Gasteiger partial charge < -0.3 is 5.73 Å².